The molecule has 2 nitrogen and oxygen atoms in total. The van der Waals surface area contributed by atoms with E-state index < -0.39 is 0 Å². The van der Waals surface area contributed by atoms with Gasteiger partial charge in [0.05, 0.1) is 0 Å². The van der Waals surface area contributed by atoms with Crippen LogP contribution in [0, 0.1) is 17.8 Å². The highest BCUT2D eigenvalue weighted by atomic mass is 15.2. The van der Waals surface area contributed by atoms with E-state index in [2.05, 4.69) is 26.2 Å². The first-order chi connectivity index (χ1) is 6.63. The Balaban J connectivity index is 2.42. The zero-order valence-electron chi connectivity index (χ0n) is 9.92. The second-order valence-electron chi connectivity index (χ2n) is 5.43. The van der Waals surface area contributed by atoms with E-state index in [0.29, 0.717) is 6.04 Å². The second-order valence-corrected chi connectivity index (χ2v) is 5.43. The number of hydrogen-bond acceptors (Lipinski definition) is 2. The number of rotatable bonds is 4. The van der Waals surface area contributed by atoms with Crippen LogP contribution in [0.4, 0.5) is 0 Å². The fourth-order valence-electron chi connectivity index (χ4n) is 2.75. The van der Waals surface area contributed by atoms with Crippen LogP contribution in [0.5, 0.6) is 0 Å². The van der Waals surface area contributed by atoms with Gasteiger partial charge in [0.25, 0.3) is 0 Å². The van der Waals surface area contributed by atoms with E-state index in [1.54, 1.807) is 0 Å². The van der Waals surface area contributed by atoms with Crippen LogP contribution >= 0.6 is 0 Å². The van der Waals surface area contributed by atoms with Gasteiger partial charge in [-0.1, -0.05) is 33.6 Å². The van der Waals surface area contributed by atoms with Gasteiger partial charge in [-0.15, -0.1) is 0 Å². The van der Waals surface area contributed by atoms with E-state index in [1.165, 1.54) is 32.1 Å². The molecule has 3 N–H and O–H groups in total. The van der Waals surface area contributed by atoms with Gasteiger partial charge in [-0.25, -0.2) is 0 Å². The molecule has 0 aliphatic heterocycles. The van der Waals surface area contributed by atoms with Crippen LogP contribution in [0.3, 0.4) is 0 Å². The monoisotopic (exact) mass is 198 g/mol. The van der Waals surface area contributed by atoms with Crippen LogP contribution < -0.4 is 11.3 Å². The van der Waals surface area contributed by atoms with Crippen molar-refractivity contribution >= 4 is 0 Å². The Morgan fingerprint density at radius 1 is 1.36 bits per heavy atom. The molecule has 1 rings (SSSR count). The van der Waals surface area contributed by atoms with Gasteiger partial charge in [0.2, 0.25) is 0 Å². The number of nitrogens with one attached hydrogen (secondary N) is 1. The predicted octanol–water partition coefficient (Wildman–Crippen LogP) is 2.69. The van der Waals surface area contributed by atoms with Crippen LogP contribution in [-0.4, -0.2) is 6.04 Å². The Kier molecular flexibility index (Phi) is 4.90. The van der Waals surface area contributed by atoms with Gasteiger partial charge in [-0.2, -0.15) is 0 Å². The lowest BCUT2D eigenvalue weighted by atomic mass is 9.77. The Labute approximate surface area is 88.6 Å². The van der Waals surface area contributed by atoms with Gasteiger partial charge in [0.1, 0.15) is 0 Å². The van der Waals surface area contributed by atoms with E-state index in [0.717, 1.165) is 17.8 Å². The highest BCUT2D eigenvalue weighted by Crippen LogP contribution is 2.32. The van der Waals surface area contributed by atoms with E-state index in [1.807, 2.05) is 0 Å². The van der Waals surface area contributed by atoms with Gasteiger partial charge in [-0.05, 0) is 37.0 Å². The molecule has 0 spiro atoms. The Hall–Kier alpha value is -0.0800. The van der Waals surface area contributed by atoms with Crippen molar-refractivity contribution in [2.24, 2.45) is 23.6 Å². The summed E-state index contributed by atoms with van der Waals surface area (Å²) in [6.45, 7) is 6.92. The molecule has 0 bridgehead atoms. The molecule has 14 heavy (non-hydrogen) atoms. The zero-order valence-corrected chi connectivity index (χ0v) is 9.92. The van der Waals surface area contributed by atoms with Crippen LogP contribution in [0.2, 0.25) is 0 Å². The lowest BCUT2D eigenvalue weighted by Crippen LogP contribution is -2.43. The van der Waals surface area contributed by atoms with Crippen LogP contribution in [0.15, 0.2) is 0 Å². The maximum atomic E-state index is 5.65. The minimum atomic E-state index is 0.540. The molecule has 3 atom stereocenters. The van der Waals surface area contributed by atoms with E-state index >= 15 is 0 Å². The molecule has 3 unspecified atom stereocenters. The molecule has 0 radical (unpaired) electrons. The summed E-state index contributed by atoms with van der Waals surface area (Å²) in [6.07, 6.45) is 6.75. The van der Waals surface area contributed by atoms with Gasteiger partial charge in [-0.3, -0.25) is 11.3 Å². The predicted molar refractivity (Wildman–Crippen MR) is 61.7 cm³/mol. The van der Waals surface area contributed by atoms with Gasteiger partial charge < -0.3 is 0 Å². The number of hydrogen-bond donors (Lipinski definition) is 2. The summed E-state index contributed by atoms with van der Waals surface area (Å²) in [7, 11) is 0. The Morgan fingerprint density at radius 3 is 2.57 bits per heavy atom. The van der Waals surface area contributed by atoms with E-state index in [-0.39, 0.29) is 0 Å². The van der Waals surface area contributed by atoms with E-state index in [9.17, 15) is 0 Å². The molecule has 2 heteroatoms. The molecule has 1 fully saturated rings. The van der Waals surface area contributed by atoms with Crippen molar-refractivity contribution < 1.29 is 0 Å². The smallest absolute Gasteiger partial charge is 0.0241 e. The van der Waals surface area contributed by atoms with Crippen molar-refractivity contribution in [2.45, 2.75) is 58.9 Å². The average molecular weight is 198 g/mol. The second kappa shape index (κ2) is 5.72. The third-order valence-corrected chi connectivity index (χ3v) is 3.49. The highest BCUT2D eigenvalue weighted by molar-refractivity contribution is 4.80. The summed E-state index contributed by atoms with van der Waals surface area (Å²) in [5.41, 5.74) is 3.02. The molecule has 0 aromatic heterocycles. The summed E-state index contributed by atoms with van der Waals surface area (Å²) in [6, 6.07) is 0.540. The van der Waals surface area contributed by atoms with Crippen molar-refractivity contribution in [2.75, 3.05) is 0 Å². The minimum absolute atomic E-state index is 0.540. The van der Waals surface area contributed by atoms with Crippen molar-refractivity contribution in [1.29, 1.82) is 0 Å². The van der Waals surface area contributed by atoms with Crippen molar-refractivity contribution in [3.8, 4) is 0 Å². The molecular weight excluding hydrogens is 172 g/mol. The molecule has 1 aliphatic rings. The Morgan fingerprint density at radius 2 is 2.07 bits per heavy atom. The summed E-state index contributed by atoms with van der Waals surface area (Å²) in [4.78, 5) is 0. The molecule has 1 aliphatic carbocycles. The van der Waals surface area contributed by atoms with Crippen molar-refractivity contribution in [3.05, 3.63) is 0 Å². The summed E-state index contributed by atoms with van der Waals surface area (Å²) in [5.74, 6) is 8.10. The van der Waals surface area contributed by atoms with Gasteiger partial charge >= 0.3 is 0 Å². The summed E-state index contributed by atoms with van der Waals surface area (Å²) in [5, 5.41) is 0. The normalized spacial score (nSPS) is 30.6. The third kappa shape index (κ3) is 3.58. The average Bonchev–Trinajstić information content (AvgIpc) is 2.14. The topological polar surface area (TPSA) is 38.0 Å². The molecule has 0 aromatic rings. The maximum absolute atomic E-state index is 5.65. The summed E-state index contributed by atoms with van der Waals surface area (Å²) < 4.78 is 0. The summed E-state index contributed by atoms with van der Waals surface area (Å²) >= 11 is 0. The largest absolute Gasteiger partial charge is 0.271 e. The standard InChI is InChI=1S/C12H26N2/c1-9(2)7-12(14-13)11-6-4-5-10(3)8-11/h9-12,14H,4-8,13H2,1-3H3. The van der Waals surface area contributed by atoms with Crippen molar-refractivity contribution in [3.63, 3.8) is 0 Å². The molecule has 0 heterocycles. The molecule has 1 saturated carbocycles. The van der Waals surface area contributed by atoms with Gasteiger partial charge in [0, 0.05) is 6.04 Å². The van der Waals surface area contributed by atoms with Crippen LogP contribution in [0.1, 0.15) is 52.9 Å². The minimum Gasteiger partial charge on any atom is -0.271 e. The van der Waals surface area contributed by atoms with Crippen LogP contribution in [-0.2, 0) is 0 Å². The third-order valence-electron chi connectivity index (χ3n) is 3.49. The van der Waals surface area contributed by atoms with Crippen molar-refractivity contribution in [1.82, 2.24) is 5.43 Å². The Bertz CT molecular complexity index is 154. The lowest BCUT2D eigenvalue weighted by Gasteiger charge is -2.33. The first-order valence-corrected chi connectivity index (χ1v) is 6.09. The molecular formula is C12H26N2. The van der Waals surface area contributed by atoms with E-state index in [4.69, 9.17) is 5.84 Å². The molecule has 84 valence electrons. The van der Waals surface area contributed by atoms with Gasteiger partial charge in [0.15, 0.2) is 0 Å². The number of hydrazine groups is 1. The molecule has 0 saturated heterocycles. The molecule has 0 aromatic carbocycles. The first-order valence-electron chi connectivity index (χ1n) is 6.09. The number of nitrogens with two attached hydrogens (primary N) is 1. The lowest BCUT2D eigenvalue weighted by molar-refractivity contribution is 0.204. The fourth-order valence-corrected chi connectivity index (χ4v) is 2.75. The SMILES string of the molecule is CC(C)CC(NN)C1CCCC(C)C1. The van der Waals surface area contributed by atoms with Crippen LogP contribution in [0.25, 0.3) is 0 Å². The molecule has 0 amide bonds. The zero-order chi connectivity index (χ0) is 10.6. The first kappa shape index (κ1) is 12.0. The maximum Gasteiger partial charge on any atom is 0.0241 e. The highest BCUT2D eigenvalue weighted by Gasteiger charge is 2.26. The fraction of sp³-hybridized carbons (Fsp3) is 1.00. The quantitative estimate of drug-likeness (QED) is 0.538.